The molecule has 0 radical (unpaired) electrons. The molecule has 0 aliphatic rings. The second-order valence-corrected chi connectivity index (χ2v) is 5.88. The molecule has 2 aromatic heterocycles. The van der Waals surface area contributed by atoms with Crippen LogP contribution in [-0.2, 0) is 16.1 Å². The van der Waals surface area contributed by atoms with Crippen molar-refractivity contribution < 1.29 is 13.9 Å². The van der Waals surface area contributed by atoms with Gasteiger partial charge in [0.25, 0.3) is 5.56 Å². The van der Waals surface area contributed by atoms with E-state index in [4.69, 9.17) is 4.74 Å². The van der Waals surface area contributed by atoms with Crippen LogP contribution >= 0.6 is 11.3 Å². The first-order valence-electron chi connectivity index (χ1n) is 7.11. The lowest BCUT2D eigenvalue weighted by molar-refractivity contribution is -0.139. The van der Waals surface area contributed by atoms with Crippen molar-refractivity contribution in [1.82, 2.24) is 9.38 Å². The number of hydrogen-bond acceptors (Lipinski definition) is 5. The topological polar surface area (TPSA) is 60.7 Å². The molecule has 7 heteroatoms. The summed E-state index contributed by atoms with van der Waals surface area (Å²) in [6.07, 6.45) is 2.48. The maximum absolute atomic E-state index is 13.4. The summed E-state index contributed by atoms with van der Waals surface area (Å²) < 4.78 is 20.0. The Morgan fingerprint density at radius 1 is 1.42 bits per heavy atom. The van der Waals surface area contributed by atoms with Crippen molar-refractivity contribution in [2.45, 2.75) is 13.5 Å². The molecule has 0 N–H and O–H groups in total. The predicted octanol–water partition coefficient (Wildman–Crippen LogP) is 2.96. The van der Waals surface area contributed by atoms with Crippen molar-refractivity contribution in [3.05, 3.63) is 74.9 Å². The molecule has 3 rings (SSSR count). The Morgan fingerprint density at radius 3 is 3.00 bits per heavy atom. The molecule has 0 unspecified atom stereocenters. The van der Waals surface area contributed by atoms with E-state index >= 15 is 0 Å². The zero-order valence-corrected chi connectivity index (χ0v) is 13.5. The van der Waals surface area contributed by atoms with Gasteiger partial charge >= 0.3 is 5.97 Å². The third-order valence-corrected chi connectivity index (χ3v) is 4.24. The summed E-state index contributed by atoms with van der Waals surface area (Å²) in [7, 11) is 0. The normalized spacial score (nSPS) is 11.2. The molecule has 0 aliphatic heterocycles. The summed E-state index contributed by atoms with van der Waals surface area (Å²) in [5, 5.41) is 1.83. The molecular weight excluding hydrogens is 331 g/mol. The van der Waals surface area contributed by atoms with Gasteiger partial charge in [0.15, 0.2) is 4.96 Å². The van der Waals surface area contributed by atoms with E-state index < -0.39 is 11.8 Å². The van der Waals surface area contributed by atoms with Crippen LogP contribution in [-0.4, -0.2) is 15.4 Å². The molecule has 0 saturated heterocycles. The quantitative estimate of drug-likeness (QED) is 0.539. The van der Waals surface area contributed by atoms with Gasteiger partial charge in [0.2, 0.25) is 0 Å². The van der Waals surface area contributed by atoms with Crippen molar-refractivity contribution >= 4 is 28.3 Å². The minimum Gasteiger partial charge on any atom is -0.456 e. The molecule has 122 valence electrons. The number of hydrogen-bond donors (Lipinski definition) is 0. The van der Waals surface area contributed by atoms with Crippen LogP contribution in [0.5, 0.6) is 0 Å². The maximum atomic E-state index is 13.4. The number of esters is 1. The predicted molar refractivity (Wildman–Crippen MR) is 89.3 cm³/mol. The summed E-state index contributed by atoms with van der Waals surface area (Å²) in [4.78, 5) is 28.6. The van der Waals surface area contributed by atoms with Gasteiger partial charge in [0, 0.05) is 28.8 Å². The molecule has 0 atom stereocenters. The molecule has 0 fully saturated rings. The van der Waals surface area contributed by atoms with Gasteiger partial charge < -0.3 is 4.74 Å². The number of benzene rings is 1. The van der Waals surface area contributed by atoms with E-state index in [1.807, 2.05) is 12.3 Å². The molecule has 0 spiro atoms. The van der Waals surface area contributed by atoms with E-state index in [2.05, 4.69) is 4.98 Å². The van der Waals surface area contributed by atoms with Gasteiger partial charge in [-0.3, -0.25) is 9.20 Å². The van der Waals surface area contributed by atoms with E-state index in [0.717, 1.165) is 11.8 Å². The van der Waals surface area contributed by atoms with Crippen LogP contribution in [0.3, 0.4) is 0 Å². The zero-order chi connectivity index (χ0) is 17.1. The van der Waals surface area contributed by atoms with Gasteiger partial charge in [0.1, 0.15) is 12.4 Å². The molecule has 1 aromatic carbocycles. The largest absolute Gasteiger partial charge is 0.456 e. The molecule has 24 heavy (non-hydrogen) atoms. The Morgan fingerprint density at radius 2 is 2.21 bits per heavy atom. The smallest absolute Gasteiger partial charge is 0.331 e. The monoisotopic (exact) mass is 344 g/mol. The molecule has 2 heterocycles. The van der Waals surface area contributed by atoms with Crippen LogP contribution in [0.15, 0.2) is 46.6 Å². The van der Waals surface area contributed by atoms with Crippen molar-refractivity contribution in [2.24, 2.45) is 0 Å². The van der Waals surface area contributed by atoms with Crippen LogP contribution in [0.25, 0.3) is 11.0 Å². The lowest BCUT2D eigenvalue weighted by Gasteiger charge is -2.02. The molecule has 0 aliphatic carbocycles. The Kier molecular flexibility index (Phi) is 4.52. The van der Waals surface area contributed by atoms with Crippen LogP contribution < -0.4 is 5.56 Å². The van der Waals surface area contributed by atoms with Crippen LogP contribution in [0.1, 0.15) is 17.0 Å². The van der Waals surface area contributed by atoms with Crippen LogP contribution in [0.2, 0.25) is 0 Å². The summed E-state index contributed by atoms with van der Waals surface area (Å²) in [5.41, 5.74) is 1.26. The fourth-order valence-electron chi connectivity index (χ4n) is 2.14. The van der Waals surface area contributed by atoms with Gasteiger partial charge in [0.05, 0.1) is 5.69 Å². The van der Waals surface area contributed by atoms with Crippen LogP contribution in [0, 0.1) is 12.7 Å². The first kappa shape index (κ1) is 16.1. The lowest BCUT2D eigenvalue weighted by Crippen LogP contribution is -2.16. The summed E-state index contributed by atoms with van der Waals surface area (Å²) in [6.45, 7) is 1.70. The number of ether oxygens (including phenoxy) is 1. The van der Waals surface area contributed by atoms with E-state index in [9.17, 15) is 14.0 Å². The minimum absolute atomic E-state index is 0.122. The number of carbonyl (C=O) groups is 1. The van der Waals surface area contributed by atoms with Crippen molar-refractivity contribution in [2.75, 3.05) is 0 Å². The number of aromatic nitrogens is 2. The summed E-state index contributed by atoms with van der Waals surface area (Å²) in [5.74, 6) is -1.06. The molecular formula is C17H13FN2O3S. The third-order valence-electron chi connectivity index (χ3n) is 3.30. The zero-order valence-electron chi connectivity index (χ0n) is 12.7. The second-order valence-electron chi connectivity index (χ2n) is 5.04. The summed E-state index contributed by atoms with van der Waals surface area (Å²) >= 11 is 1.34. The SMILES string of the molecule is Cc1csc2nc(COC(=O)/C=C/c3ccccc3F)cc(=O)n12. The number of thiazole rings is 1. The maximum Gasteiger partial charge on any atom is 0.331 e. The number of fused-ring (bicyclic) bond motifs is 1. The fraction of sp³-hybridized carbons (Fsp3) is 0.118. The molecule has 0 amide bonds. The highest BCUT2D eigenvalue weighted by Gasteiger charge is 2.08. The van der Waals surface area contributed by atoms with Gasteiger partial charge in [-0.05, 0) is 19.1 Å². The van der Waals surface area contributed by atoms with Crippen molar-refractivity contribution in [3.63, 3.8) is 0 Å². The number of carbonyl (C=O) groups excluding carboxylic acids is 1. The van der Waals surface area contributed by atoms with Crippen molar-refractivity contribution in [3.8, 4) is 0 Å². The minimum atomic E-state index is -0.636. The number of halogens is 1. The van der Waals surface area contributed by atoms with E-state index in [1.165, 1.54) is 33.9 Å². The average Bonchev–Trinajstić information content (AvgIpc) is 2.94. The fourth-order valence-corrected chi connectivity index (χ4v) is 3.03. The Hall–Kier alpha value is -2.80. The van der Waals surface area contributed by atoms with Gasteiger partial charge in [-0.2, -0.15) is 0 Å². The number of nitrogens with zero attached hydrogens (tertiary/aromatic N) is 2. The third kappa shape index (κ3) is 3.41. The Labute approximate surface area is 140 Å². The Balaban J connectivity index is 1.68. The molecule has 0 saturated carbocycles. The summed E-state index contributed by atoms with van der Waals surface area (Å²) in [6, 6.07) is 7.43. The van der Waals surface area contributed by atoms with E-state index in [1.54, 1.807) is 18.2 Å². The molecule has 3 aromatic rings. The first-order chi connectivity index (χ1) is 11.5. The van der Waals surface area contributed by atoms with Gasteiger partial charge in [-0.25, -0.2) is 14.2 Å². The number of rotatable bonds is 4. The highest BCUT2D eigenvalue weighted by atomic mass is 32.1. The first-order valence-corrected chi connectivity index (χ1v) is 7.99. The van der Waals surface area contributed by atoms with E-state index in [0.29, 0.717) is 16.2 Å². The standard InChI is InChI=1S/C17H13FN2O3S/c1-11-10-24-17-19-13(8-15(21)20(11)17)9-23-16(22)7-6-12-4-2-3-5-14(12)18/h2-8,10H,9H2,1H3/b7-6+. The Bertz CT molecular complexity index is 991. The van der Waals surface area contributed by atoms with E-state index in [-0.39, 0.29) is 12.2 Å². The van der Waals surface area contributed by atoms with Crippen molar-refractivity contribution in [1.29, 1.82) is 0 Å². The molecule has 0 bridgehead atoms. The van der Waals surface area contributed by atoms with Gasteiger partial charge in [-0.15, -0.1) is 11.3 Å². The second kappa shape index (κ2) is 6.76. The lowest BCUT2D eigenvalue weighted by atomic mass is 10.2. The molecule has 5 nitrogen and oxygen atoms in total. The number of aryl methyl sites for hydroxylation is 1. The van der Waals surface area contributed by atoms with Gasteiger partial charge in [-0.1, -0.05) is 18.2 Å². The average molecular weight is 344 g/mol. The highest BCUT2D eigenvalue weighted by Crippen LogP contribution is 2.12. The van der Waals surface area contributed by atoms with Crippen LogP contribution in [0.4, 0.5) is 4.39 Å². The highest BCUT2D eigenvalue weighted by molar-refractivity contribution is 7.15.